The van der Waals surface area contributed by atoms with Gasteiger partial charge in [-0.05, 0) is 27.2 Å². The minimum absolute atomic E-state index is 0.310. The van der Waals surface area contributed by atoms with Crippen LogP contribution in [0, 0.1) is 5.92 Å². The monoisotopic (exact) mass is 413 g/mol. The molecule has 1 amide bonds. The molecule has 2 aliphatic heterocycles. The predicted molar refractivity (Wildman–Crippen MR) is 93.7 cm³/mol. The van der Waals surface area contributed by atoms with E-state index in [1.165, 1.54) is 6.08 Å². The first-order valence-corrected chi connectivity index (χ1v) is 9.19. The molecule has 2 N–H and O–H groups in total. The maximum atomic E-state index is 12.4. The van der Waals surface area contributed by atoms with Crippen molar-refractivity contribution in [3.63, 3.8) is 0 Å². The number of fused-ring (bicyclic) bond motifs is 1. The molecule has 0 aromatic rings. The largest absolute Gasteiger partial charge is 0.387 e. The number of hydrogen-bond donors (Lipinski definition) is 2. The zero-order chi connectivity index (χ0) is 18.8. The molecule has 142 valence electrons. The van der Waals surface area contributed by atoms with E-state index < -0.39 is 38.8 Å². The fourth-order valence-corrected chi connectivity index (χ4v) is 4.15. The summed E-state index contributed by atoms with van der Waals surface area (Å²) in [4.78, 5) is 12.4. The van der Waals surface area contributed by atoms with Crippen molar-refractivity contribution in [1.82, 2.24) is 5.32 Å². The van der Waals surface area contributed by atoms with Crippen molar-refractivity contribution in [2.45, 2.75) is 66.2 Å². The number of halogens is 3. The van der Waals surface area contributed by atoms with Gasteiger partial charge >= 0.3 is 0 Å². The lowest BCUT2D eigenvalue weighted by atomic mass is 9.65. The third kappa shape index (κ3) is 3.31. The lowest BCUT2D eigenvalue weighted by Gasteiger charge is -2.48. The molecule has 25 heavy (non-hydrogen) atoms. The summed E-state index contributed by atoms with van der Waals surface area (Å²) < 4.78 is 15.2. The molecule has 0 aromatic heterocycles. The van der Waals surface area contributed by atoms with Crippen molar-refractivity contribution in [3.05, 3.63) is 12.7 Å². The van der Waals surface area contributed by atoms with Gasteiger partial charge in [0.1, 0.15) is 12.2 Å². The first-order chi connectivity index (χ1) is 11.3. The number of ether oxygens (including phenoxy) is 3. The lowest BCUT2D eigenvalue weighted by Crippen LogP contribution is -2.68. The van der Waals surface area contributed by atoms with Gasteiger partial charge in [-0.25, -0.2) is 0 Å². The number of aliphatic hydroxyl groups is 1. The van der Waals surface area contributed by atoms with Crippen LogP contribution in [0.1, 0.15) is 27.2 Å². The number of carbonyl (C=O) groups is 1. The van der Waals surface area contributed by atoms with Gasteiger partial charge in [-0.1, -0.05) is 40.9 Å². The van der Waals surface area contributed by atoms with Gasteiger partial charge in [0, 0.05) is 5.92 Å². The number of rotatable bonds is 3. The van der Waals surface area contributed by atoms with Gasteiger partial charge in [-0.3, -0.25) is 4.79 Å². The molecule has 1 saturated carbocycles. The van der Waals surface area contributed by atoms with Crippen molar-refractivity contribution in [2.24, 2.45) is 5.92 Å². The Hall–Kier alpha value is -0.0800. The second-order valence-electron chi connectivity index (χ2n) is 7.56. The number of hydrogen-bond acceptors (Lipinski definition) is 5. The first kappa shape index (κ1) is 19.7. The average molecular weight is 415 g/mol. The van der Waals surface area contributed by atoms with Gasteiger partial charge in [-0.15, -0.1) is 6.58 Å². The molecule has 3 aliphatic rings. The molecule has 6 atom stereocenters. The quantitative estimate of drug-likeness (QED) is 0.420. The zero-order valence-electron chi connectivity index (χ0n) is 14.2. The van der Waals surface area contributed by atoms with Gasteiger partial charge in [0.05, 0.1) is 23.9 Å². The molecule has 0 unspecified atom stereocenters. The number of amides is 1. The molecule has 6 nitrogen and oxygen atoms in total. The van der Waals surface area contributed by atoms with Crippen LogP contribution in [0.5, 0.6) is 0 Å². The Balaban J connectivity index is 1.96. The minimum Gasteiger partial charge on any atom is -0.387 e. The van der Waals surface area contributed by atoms with E-state index in [9.17, 15) is 9.90 Å². The maximum absolute atomic E-state index is 12.4. The third-order valence-corrected chi connectivity index (χ3v) is 5.88. The van der Waals surface area contributed by atoms with Crippen LogP contribution in [0.2, 0.25) is 0 Å². The van der Waals surface area contributed by atoms with E-state index in [1.54, 1.807) is 13.8 Å². The van der Waals surface area contributed by atoms with Crippen LogP contribution >= 0.6 is 34.8 Å². The Morgan fingerprint density at radius 1 is 1.32 bits per heavy atom. The number of alkyl halides is 3. The third-order valence-electron chi connectivity index (χ3n) is 5.36. The summed E-state index contributed by atoms with van der Waals surface area (Å²) in [5.74, 6) is -1.98. The normalized spacial score (nSPS) is 45.6. The summed E-state index contributed by atoms with van der Waals surface area (Å²) in [6.45, 7) is 9.66. The predicted octanol–water partition coefficient (Wildman–Crippen LogP) is 2.09. The highest BCUT2D eigenvalue weighted by atomic mass is 35.6. The van der Waals surface area contributed by atoms with Crippen LogP contribution in [0.25, 0.3) is 0 Å². The standard InChI is InChI=1S/C16H22Cl3NO5/c1-5-15(20-12(22)16(17,18)19)8(9-7-23-13(2,3)24-9)6-14(4)11(25-14)10(15)21/h5,8-11,21H,1,6-7H2,2-4H3,(H,20,22)/t8-,9-,10-,11-,14+,15-/m1/s1. The van der Waals surface area contributed by atoms with Crippen molar-refractivity contribution in [2.75, 3.05) is 6.61 Å². The van der Waals surface area contributed by atoms with Crippen LogP contribution < -0.4 is 5.32 Å². The minimum atomic E-state index is -2.17. The number of epoxide rings is 1. The molecular weight excluding hydrogens is 393 g/mol. The van der Waals surface area contributed by atoms with Crippen LogP contribution in [-0.4, -0.2) is 56.7 Å². The number of nitrogens with one attached hydrogen (secondary N) is 1. The van der Waals surface area contributed by atoms with Crippen molar-refractivity contribution in [1.29, 1.82) is 0 Å². The lowest BCUT2D eigenvalue weighted by molar-refractivity contribution is -0.154. The Kier molecular flexibility index (Phi) is 4.69. The Bertz CT molecular complexity index is 595. The second-order valence-corrected chi connectivity index (χ2v) is 9.84. The van der Waals surface area contributed by atoms with Gasteiger partial charge in [0.15, 0.2) is 5.79 Å². The van der Waals surface area contributed by atoms with Crippen LogP contribution in [0.3, 0.4) is 0 Å². The van der Waals surface area contributed by atoms with Gasteiger partial charge < -0.3 is 24.6 Å². The summed E-state index contributed by atoms with van der Waals surface area (Å²) in [6, 6.07) is 0. The average Bonchev–Trinajstić information content (AvgIpc) is 3.04. The molecular formula is C16H22Cl3NO5. The van der Waals surface area contributed by atoms with Crippen LogP contribution in [0.15, 0.2) is 12.7 Å². The maximum Gasteiger partial charge on any atom is 0.272 e. The highest BCUT2D eigenvalue weighted by Gasteiger charge is 2.70. The summed E-state index contributed by atoms with van der Waals surface area (Å²) in [5.41, 5.74) is -1.76. The van der Waals surface area contributed by atoms with E-state index in [4.69, 9.17) is 49.0 Å². The summed E-state index contributed by atoms with van der Waals surface area (Å²) in [7, 11) is 0. The van der Waals surface area contributed by atoms with E-state index in [0.717, 1.165) is 0 Å². The van der Waals surface area contributed by atoms with E-state index in [-0.39, 0.29) is 12.0 Å². The second kappa shape index (κ2) is 5.96. The topological polar surface area (TPSA) is 80.3 Å². The molecule has 9 heteroatoms. The molecule has 0 radical (unpaired) electrons. The highest BCUT2D eigenvalue weighted by molar-refractivity contribution is 6.76. The van der Waals surface area contributed by atoms with Gasteiger partial charge in [0.25, 0.3) is 9.70 Å². The number of carbonyl (C=O) groups excluding carboxylic acids is 1. The van der Waals surface area contributed by atoms with E-state index in [0.29, 0.717) is 13.0 Å². The molecule has 2 heterocycles. The van der Waals surface area contributed by atoms with Crippen LogP contribution in [-0.2, 0) is 19.0 Å². The van der Waals surface area contributed by atoms with E-state index >= 15 is 0 Å². The summed E-state index contributed by atoms with van der Waals surface area (Å²) in [5, 5.41) is 13.6. The Morgan fingerprint density at radius 2 is 1.96 bits per heavy atom. The fourth-order valence-electron chi connectivity index (χ4n) is 4.00. The molecule has 3 fully saturated rings. The Morgan fingerprint density at radius 3 is 2.44 bits per heavy atom. The smallest absolute Gasteiger partial charge is 0.272 e. The first-order valence-electron chi connectivity index (χ1n) is 8.05. The molecule has 0 bridgehead atoms. The SMILES string of the molecule is C=C[C@]1(NC(=O)C(Cl)(Cl)Cl)[C@H](O)[C@H]2O[C@@]2(C)C[C@@H]1[C@H]1COC(C)(C)O1. The molecule has 3 rings (SSSR count). The fraction of sp³-hybridized carbons (Fsp3) is 0.812. The molecule has 2 saturated heterocycles. The molecule has 1 aliphatic carbocycles. The molecule has 0 aromatic carbocycles. The van der Waals surface area contributed by atoms with Crippen molar-refractivity contribution in [3.8, 4) is 0 Å². The van der Waals surface area contributed by atoms with Crippen molar-refractivity contribution < 1.29 is 24.1 Å². The summed E-state index contributed by atoms with van der Waals surface area (Å²) in [6.07, 6.45) is 0.128. The van der Waals surface area contributed by atoms with E-state index in [2.05, 4.69) is 11.9 Å². The van der Waals surface area contributed by atoms with Gasteiger partial charge in [0.2, 0.25) is 0 Å². The van der Waals surface area contributed by atoms with Crippen LogP contribution in [0.4, 0.5) is 0 Å². The zero-order valence-corrected chi connectivity index (χ0v) is 16.5. The Labute approximate surface area is 161 Å². The molecule has 0 spiro atoms. The number of aliphatic hydroxyl groups excluding tert-OH is 1. The highest BCUT2D eigenvalue weighted by Crippen LogP contribution is 2.55. The van der Waals surface area contributed by atoms with Crippen molar-refractivity contribution >= 4 is 40.7 Å². The summed E-state index contributed by atoms with van der Waals surface area (Å²) >= 11 is 17.1. The van der Waals surface area contributed by atoms with E-state index in [1.807, 2.05) is 6.92 Å². The van der Waals surface area contributed by atoms with Gasteiger partial charge in [-0.2, -0.15) is 0 Å².